The van der Waals surface area contributed by atoms with Crippen LogP contribution in [0.3, 0.4) is 0 Å². The highest BCUT2D eigenvalue weighted by molar-refractivity contribution is 7.88. The van der Waals surface area contributed by atoms with Gasteiger partial charge in [-0.1, -0.05) is 42.5 Å². The molecule has 10 heteroatoms. The monoisotopic (exact) mass is 517 g/mol. The fraction of sp³-hybridized carbons (Fsp3) is 0.462. The number of carbonyl (C=O) groups excluding carboxylic acids is 2. The number of likely N-dealkylation sites (N-methyl/N-ethyl adjacent to an activating group) is 1. The minimum atomic E-state index is -3.59. The fourth-order valence-electron chi connectivity index (χ4n) is 4.02. The first-order valence-electron chi connectivity index (χ1n) is 11.9. The van der Waals surface area contributed by atoms with Crippen LogP contribution in [0.4, 0.5) is 0 Å². The molecule has 1 aliphatic rings. The molecule has 1 fully saturated rings. The van der Waals surface area contributed by atoms with E-state index in [4.69, 9.17) is 9.47 Å². The predicted molar refractivity (Wildman–Crippen MR) is 137 cm³/mol. The Bertz CT molecular complexity index is 1100. The van der Waals surface area contributed by atoms with Crippen molar-refractivity contribution in [2.75, 3.05) is 40.1 Å². The molecule has 3 rings (SSSR count). The lowest BCUT2D eigenvalue weighted by Crippen LogP contribution is -2.53. The Morgan fingerprint density at radius 3 is 2.39 bits per heavy atom. The van der Waals surface area contributed by atoms with E-state index in [0.29, 0.717) is 18.9 Å². The molecular weight excluding hydrogens is 482 g/mol. The maximum Gasteiger partial charge on any atom is 0.243 e. The molecule has 0 bridgehead atoms. The molecule has 2 aromatic rings. The van der Waals surface area contributed by atoms with Crippen molar-refractivity contribution < 1.29 is 27.5 Å². The van der Waals surface area contributed by atoms with Gasteiger partial charge in [0.05, 0.1) is 26.0 Å². The smallest absolute Gasteiger partial charge is 0.243 e. The van der Waals surface area contributed by atoms with Gasteiger partial charge in [-0.15, -0.1) is 0 Å². The highest BCUT2D eigenvalue weighted by Crippen LogP contribution is 2.18. The average Bonchev–Trinajstić information content (AvgIpc) is 3.39. The summed E-state index contributed by atoms with van der Waals surface area (Å²) in [5.41, 5.74) is 1.68. The summed E-state index contributed by atoms with van der Waals surface area (Å²) in [4.78, 5) is 28.5. The summed E-state index contributed by atoms with van der Waals surface area (Å²) in [6.45, 7) is 0.788. The minimum absolute atomic E-state index is 0.0477. The summed E-state index contributed by atoms with van der Waals surface area (Å²) >= 11 is 0. The minimum Gasteiger partial charge on any atom is -0.497 e. The number of ether oxygens (including phenoxy) is 2. The molecule has 0 aliphatic carbocycles. The SMILES string of the molecule is COc1ccc(CN(C(=O)CN(C)S(C)(=O)=O)[C@H](Cc2ccccc2)C(=O)NC[C@H]2CCCO2)cc1. The second-order valence-electron chi connectivity index (χ2n) is 8.97. The van der Waals surface area contributed by atoms with E-state index < -0.39 is 22.0 Å². The van der Waals surface area contributed by atoms with Gasteiger partial charge in [0.1, 0.15) is 11.8 Å². The maximum absolute atomic E-state index is 13.5. The average molecular weight is 518 g/mol. The first kappa shape index (κ1) is 27.6. The quantitative estimate of drug-likeness (QED) is 0.461. The van der Waals surface area contributed by atoms with Crippen molar-refractivity contribution in [3.63, 3.8) is 0 Å². The number of benzene rings is 2. The topological polar surface area (TPSA) is 105 Å². The lowest BCUT2D eigenvalue weighted by molar-refractivity contribution is -0.141. The normalized spacial score (nSPS) is 16.5. The zero-order valence-corrected chi connectivity index (χ0v) is 21.9. The molecule has 1 aliphatic heterocycles. The van der Waals surface area contributed by atoms with Crippen LogP contribution in [-0.2, 0) is 37.3 Å². The molecule has 196 valence electrons. The number of carbonyl (C=O) groups is 2. The summed E-state index contributed by atoms with van der Waals surface area (Å²) in [5, 5.41) is 2.96. The van der Waals surface area contributed by atoms with E-state index in [1.807, 2.05) is 42.5 Å². The van der Waals surface area contributed by atoms with Crippen molar-refractivity contribution in [2.24, 2.45) is 0 Å². The number of nitrogens with one attached hydrogen (secondary N) is 1. The second kappa shape index (κ2) is 12.8. The number of sulfonamides is 1. The molecule has 9 nitrogen and oxygen atoms in total. The summed E-state index contributed by atoms with van der Waals surface area (Å²) in [6.07, 6.45) is 3.10. The van der Waals surface area contributed by atoms with Gasteiger partial charge in [-0.05, 0) is 36.1 Å². The van der Waals surface area contributed by atoms with Crippen LogP contribution in [-0.4, -0.2) is 81.7 Å². The van der Waals surface area contributed by atoms with Gasteiger partial charge in [0.15, 0.2) is 0 Å². The number of nitrogens with zero attached hydrogens (tertiary/aromatic N) is 2. The van der Waals surface area contributed by atoms with Crippen molar-refractivity contribution in [1.29, 1.82) is 0 Å². The van der Waals surface area contributed by atoms with Gasteiger partial charge in [0.25, 0.3) is 0 Å². The van der Waals surface area contributed by atoms with Crippen LogP contribution < -0.4 is 10.1 Å². The lowest BCUT2D eigenvalue weighted by Gasteiger charge is -2.32. The van der Waals surface area contributed by atoms with Crippen molar-refractivity contribution in [3.05, 3.63) is 65.7 Å². The molecular formula is C26H35N3O6S. The standard InChI is InChI=1S/C26H35N3O6S/c1-28(36(3,32)33)19-25(30)29(18-21-11-13-22(34-2)14-12-21)24(16-20-8-5-4-6-9-20)26(31)27-17-23-10-7-15-35-23/h4-6,8-9,11-14,23-24H,7,10,15-19H2,1-3H3,(H,27,31)/t23-,24-/m1/s1. The molecule has 0 spiro atoms. The Labute approximate surface area is 213 Å². The highest BCUT2D eigenvalue weighted by Gasteiger charge is 2.32. The van der Waals surface area contributed by atoms with Gasteiger partial charge in [-0.2, -0.15) is 4.31 Å². The van der Waals surface area contributed by atoms with Crippen LogP contribution in [0.1, 0.15) is 24.0 Å². The molecule has 36 heavy (non-hydrogen) atoms. The molecule has 2 aromatic carbocycles. The van der Waals surface area contributed by atoms with Gasteiger partial charge < -0.3 is 19.7 Å². The summed E-state index contributed by atoms with van der Waals surface area (Å²) in [7, 11) is -0.668. The maximum atomic E-state index is 13.5. The van der Waals surface area contributed by atoms with Crippen LogP contribution in [0.5, 0.6) is 5.75 Å². The zero-order chi connectivity index (χ0) is 26.1. The van der Waals surface area contributed by atoms with E-state index in [0.717, 1.165) is 34.5 Å². The first-order chi connectivity index (χ1) is 17.2. The zero-order valence-electron chi connectivity index (χ0n) is 21.1. The van der Waals surface area contributed by atoms with Crippen molar-refractivity contribution in [3.8, 4) is 5.75 Å². The third-order valence-electron chi connectivity index (χ3n) is 6.24. The van der Waals surface area contributed by atoms with E-state index in [2.05, 4.69) is 5.32 Å². The molecule has 0 unspecified atom stereocenters. The van der Waals surface area contributed by atoms with Crippen LogP contribution in [0.25, 0.3) is 0 Å². The van der Waals surface area contributed by atoms with Gasteiger partial charge in [-0.25, -0.2) is 8.42 Å². The van der Waals surface area contributed by atoms with Gasteiger partial charge in [0.2, 0.25) is 21.8 Å². The molecule has 2 amide bonds. The Morgan fingerprint density at radius 1 is 1.11 bits per heavy atom. The summed E-state index contributed by atoms with van der Waals surface area (Å²) < 4.78 is 35.9. The highest BCUT2D eigenvalue weighted by atomic mass is 32.2. The molecule has 2 atom stereocenters. The third-order valence-corrected chi connectivity index (χ3v) is 7.50. The summed E-state index contributed by atoms with van der Waals surface area (Å²) in [5.74, 6) is -0.103. The third kappa shape index (κ3) is 8.04. The number of hydrogen-bond donors (Lipinski definition) is 1. The second-order valence-corrected chi connectivity index (χ2v) is 11.1. The van der Waals surface area contributed by atoms with Crippen LogP contribution >= 0.6 is 0 Å². The van der Waals surface area contributed by atoms with E-state index in [1.54, 1.807) is 19.2 Å². The Hall–Kier alpha value is -2.95. The number of hydrogen-bond acceptors (Lipinski definition) is 6. The van der Waals surface area contributed by atoms with Crippen molar-refractivity contribution in [2.45, 2.75) is 38.0 Å². The summed E-state index contributed by atoms with van der Waals surface area (Å²) in [6, 6.07) is 15.8. The molecule has 1 N–H and O–H groups in total. The van der Waals surface area contributed by atoms with E-state index in [1.165, 1.54) is 11.9 Å². The number of rotatable bonds is 12. The number of methoxy groups -OCH3 is 1. The predicted octanol–water partition coefficient (Wildman–Crippen LogP) is 1.82. The van der Waals surface area contributed by atoms with E-state index in [-0.39, 0.29) is 31.5 Å². The Kier molecular flexibility index (Phi) is 9.86. The molecule has 1 saturated heterocycles. The van der Waals surface area contributed by atoms with Crippen LogP contribution in [0.2, 0.25) is 0 Å². The fourth-order valence-corrected chi connectivity index (χ4v) is 4.36. The van der Waals surface area contributed by atoms with Gasteiger partial charge >= 0.3 is 0 Å². The number of amides is 2. The van der Waals surface area contributed by atoms with Crippen molar-refractivity contribution in [1.82, 2.24) is 14.5 Å². The van der Waals surface area contributed by atoms with Crippen LogP contribution in [0.15, 0.2) is 54.6 Å². The molecule has 1 heterocycles. The van der Waals surface area contributed by atoms with Gasteiger partial charge in [0, 0.05) is 33.2 Å². The first-order valence-corrected chi connectivity index (χ1v) is 13.8. The molecule has 0 radical (unpaired) electrons. The van der Waals surface area contributed by atoms with E-state index in [9.17, 15) is 18.0 Å². The van der Waals surface area contributed by atoms with E-state index >= 15 is 0 Å². The molecule has 0 aromatic heterocycles. The Balaban J connectivity index is 1.91. The lowest BCUT2D eigenvalue weighted by atomic mass is 10.0. The Morgan fingerprint density at radius 2 is 1.81 bits per heavy atom. The van der Waals surface area contributed by atoms with Crippen LogP contribution in [0, 0.1) is 0 Å². The molecule has 0 saturated carbocycles. The largest absolute Gasteiger partial charge is 0.497 e. The van der Waals surface area contributed by atoms with Gasteiger partial charge in [-0.3, -0.25) is 9.59 Å². The van der Waals surface area contributed by atoms with Crippen molar-refractivity contribution >= 4 is 21.8 Å².